The second kappa shape index (κ2) is 5.80. The summed E-state index contributed by atoms with van der Waals surface area (Å²) in [5, 5.41) is 9.87. The minimum Gasteiger partial charge on any atom is -0.491 e. The number of carboxylic acids is 1. The van der Waals surface area contributed by atoms with Crippen molar-refractivity contribution >= 4 is 17.6 Å². The van der Waals surface area contributed by atoms with E-state index in [1.165, 1.54) is 0 Å². The van der Waals surface area contributed by atoms with Crippen molar-refractivity contribution in [1.82, 2.24) is 4.90 Å². The maximum Gasteiger partial charge on any atom is 0.323 e. The Morgan fingerprint density at radius 1 is 1.53 bits per heavy atom. The largest absolute Gasteiger partial charge is 0.491 e. The molecule has 1 aliphatic rings. The summed E-state index contributed by atoms with van der Waals surface area (Å²) in [6.45, 7) is 3.60. The van der Waals surface area contributed by atoms with Crippen LogP contribution in [0.2, 0.25) is 5.02 Å². The SMILES string of the molecule is CC1(C(=O)O)CCCN1CCOc1ccccc1Cl. The summed E-state index contributed by atoms with van der Waals surface area (Å²) in [7, 11) is 0. The first-order valence-electron chi connectivity index (χ1n) is 6.40. The number of aliphatic carboxylic acids is 1. The topological polar surface area (TPSA) is 49.8 Å². The molecule has 1 aromatic carbocycles. The minimum atomic E-state index is -0.761. The van der Waals surface area contributed by atoms with Crippen LogP contribution in [-0.2, 0) is 4.79 Å². The number of hydrogen-bond acceptors (Lipinski definition) is 3. The lowest BCUT2D eigenvalue weighted by Crippen LogP contribution is -2.49. The highest BCUT2D eigenvalue weighted by molar-refractivity contribution is 6.32. The second-order valence-corrected chi connectivity index (χ2v) is 5.36. The number of para-hydroxylation sites is 1. The van der Waals surface area contributed by atoms with E-state index >= 15 is 0 Å². The van der Waals surface area contributed by atoms with Crippen LogP contribution in [0.3, 0.4) is 0 Å². The van der Waals surface area contributed by atoms with Crippen LogP contribution in [-0.4, -0.2) is 41.2 Å². The maximum absolute atomic E-state index is 11.3. The van der Waals surface area contributed by atoms with Crippen molar-refractivity contribution in [3.8, 4) is 5.75 Å². The number of benzene rings is 1. The van der Waals surface area contributed by atoms with Crippen LogP contribution in [0.15, 0.2) is 24.3 Å². The van der Waals surface area contributed by atoms with Gasteiger partial charge in [0.1, 0.15) is 17.9 Å². The molecule has 1 heterocycles. The fraction of sp³-hybridized carbons (Fsp3) is 0.500. The lowest BCUT2D eigenvalue weighted by molar-refractivity contribution is -0.148. The van der Waals surface area contributed by atoms with E-state index in [0.717, 1.165) is 13.0 Å². The molecule has 4 nitrogen and oxygen atoms in total. The van der Waals surface area contributed by atoms with Crippen molar-refractivity contribution in [2.75, 3.05) is 19.7 Å². The van der Waals surface area contributed by atoms with Gasteiger partial charge in [0, 0.05) is 6.54 Å². The van der Waals surface area contributed by atoms with E-state index in [-0.39, 0.29) is 0 Å². The van der Waals surface area contributed by atoms with Crippen molar-refractivity contribution < 1.29 is 14.6 Å². The zero-order valence-corrected chi connectivity index (χ0v) is 11.7. The van der Waals surface area contributed by atoms with Crippen LogP contribution < -0.4 is 4.74 Å². The Bertz CT molecular complexity index is 466. The Kier molecular flexibility index (Phi) is 4.32. The first-order valence-corrected chi connectivity index (χ1v) is 6.77. The van der Waals surface area contributed by atoms with Gasteiger partial charge in [-0.3, -0.25) is 9.69 Å². The molecule has 0 aliphatic carbocycles. The molecule has 1 unspecified atom stereocenters. The van der Waals surface area contributed by atoms with Gasteiger partial charge in [-0.2, -0.15) is 0 Å². The Labute approximate surface area is 117 Å². The fourth-order valence-corrected chi connectivity index (χ4v) is 2.64. The molecule has 1 fully saturated rings. The molecule has 5 heteroatoms. The molecule has 0 radical (unpaired) electrons. The molecule has 0 spiro atoms. The maximum atomic E-state index is 11.3. The Morgan fingerprint density at radius 3 is 2.95 bits per heavy atom. The highest BCUT2D eigenvalue weighted by atomic mass is 35.5. The average Bonchev–Trinajstić information content (AvgIpc) is 2.75. The van der Waals surface area contributed by atoms with Crippen molar-refractivity contribution in [3.05, 3.63) is 29.3 Å². The summed E-state index contributed by atoms with van der Waals surface area (Å²) in [5.74, 6) is -0.122. The van der Waals surface area contributed by atoms with Gasteiger partial charge in [0.2, 0.25) is 0 Å². The molecule has 2 rings (SSSR count). The van der Waals surface area contributed by atoms with Crippen LogP contribution >= 0.6 is 11.6 Å². The van der Waals surface area contributed by atoms with Gasteiger partial charge in [0.25, 0.3) is 0 Å². The zero-order valence-electron chi connectivity index (χ0n) is 10.9. The Hall–Kier alpha value is -1.26. The summed E-state index contributed by atoms with van der Waals surface area (Å²) >= 11 is 5.99. The van der Waals surface area contributed by atoms with E-state index in [0.29, 0.717) is 30.3 Å². The zero-order chi connectivity index (χ0) is 13.9. The molecule has 1 aromatic rings. The number of likely N-dealkylation sites (tertiary alicyclic amines) is 1. The molecule has 0 aromatic heterocycles. The van der Waals surface area contributed by atoms with Crippen LogP contribution in [0.5, 0.6) is 5.75 Å². The van der Waals surface area contributed by atoms with E-state index in [9.17, 15) is 9.90 Å². The quantitative estimate of drug-likeness (QED) is 0.903. The molecule has 0 saturated carbocycles. The van der Waals surface area contributed by atoms with Crippen molar-refractivity contribution in [2.24, 2.45) is 0 Å². The molecule has 1 atom stereocenters. The number of carbonyl (C=O) groups is 1. The monoisotopic (exact) mass is 283 g/mol. The third kappa shape index (κ3) is 3.01. The smallest absolute Gasteiger partial charge is 0.323 e. The van der Waals surface area contributed by atoms with Crippen LogP contribution in [0.1, 0.15) is 19.8 Å². The number of hydrogen-bond donors (Lipinski definition) is 1. The van der Waals surface area contributed by atoms with Crippen LogP contribution in [0.4, 0.5) is 0 Å². The van der Waals surface area contributed by atoms with Crippen molar-refractivity contribution in [2.45, 2.75) is 25.3 Å². The summed E-state index contributed by atoms with van der Waals surface area (Å²) in [6, 6.07) is 7.28. The summed E-state index contributed by atoms with van der Waals surface area (Å²) in [5.41, 5.74) is -0.760. The number of carboxylic acid groups (broad SMARTS) is 1. The molecular weight excluding hydrogens is 266 g/mol. The summed E-state index contributed by atoms with van der Waals surface area (Å²) in [4.78, 5) is 13.3. The van der Waals surface area contributed by atoms with E-state index in [1.807, 2.05) is 23.1 Å². The molecular formula is C14H18ClNO3. The van der Waals surface area contributed by atoms with E-state index < -0.39 is 11.5 Å². The van der Waals surface area contributed by atoms with E-state index in [1.54, 1.807) is 13.0 Å². The average molecular weight is 284 g/mol. The first kappa shape index (κ1) is 14.2. The van der Waals surface area contributed by atoms with Crippen LogP contribution in [0.25, 0.3) is 0 Å². The van der Waals surface area contributed by atoms with Gasteiger partial charge in [0.05, 0.1) is 5.02 Å². The van der Waals surface area contributed by atoms with Gasteiger partial charge < -0.3 is 9.84 Å². The summed E-state index contributed by atoms with van der Waals surface area (Å²) in [6.07, 6.45) is 1.60. The van der Waals surface area contributed by atoms with Crippen molar-refractivity contribution in [1.29, 1.82) is 0 Å². The highest BCUT2D eigenvalue weighted by Gasteiger charge is 2.42. The van der Waals surface area contributed by atoms with E-state index in [4.69, 9.17) is 16.3 Å². The second-order valence-electron chi connectivity index (χ2n) is 4.95. The molecule has 104 valence electrons. The van der Waals surface area contributed by atoms with Gasteiger partial charge in [-0.05, 0) is 38.4 Å². The molecule has 0 bridgehead atoms. The standard InChI is InChI=1S/C14H18ClNO3/c1-14(13(17)18)7-4-8-16(14)9-10-19-12-6-3-2-5-11(12)15/h2-3,5-6H,4,7-10H2,1H3,(H,17,18). The normalized spacial score (nSPS) is 23.5. The number of halogens is 1. The third-order valence-electron chi connectivity index (χ3n) is 3.71. The highest BCUT2D eigenvalue weighted by Crippen LogP contribution is 2.29. The lowest BCUT2D eigenvalue weighted by atomic mass is 9.99. The molecule has 1 N–H and O–H groups in total. The Morgan fingerprint density at radius 2 is 2.26 bits per heavy atom. The van der Waals surface area contributed by atoms with Gasteiger partial charge in [-0.15, -0.1) is 0 Å². The predicted molar refractivity (Wildman–Crippen MR) is 73.8 cm³/mol. The van der Waals surface area contributed by atoms with Gasteiger partial charge in [-0.1, -0.05) is 23.7 Å². The number of rotatable bonds is 5. The molecule has 19 heavy (non-hydrogen) atoms. The van der Waals surface area contributed by atoms with Crippen molar-refractivity contribution in [3.63, 3.8) is 0 Å². The Balaban J connectivity index is 1.89. The molecule has 1 saturated heterocycles. The summed E-state index contributed by atoms with van der Waals surface area (Å²) < 4.78 is 5.61. The number of nitrogens with zero attached hydrogens (tertiary/aromatic N) is 1. The number of ether oxygens (including phenoxy) is 1. The van der Waals surface area contributed by atoms with Crippen LogP contribution in [0, 0.1) is 0 Å². The van der Waals surface area contributed by atoms with E-state index in [2.05, 4.69) is 0 Å². The molecule has 0 amide bonds. The van der Waals surface area contributed by atoms with Gasteiger partial charge in [0.15, 0.2) is 0 Å². The lowest BCUT2D eigenvalue weighted by Gasteiger charge is -2.30. The third-order valence-corrected chi connectivity index (χ3v) is 4.02. The first-order chi connectivity index (χ1) is 9.04. The minimum absolute atomic E-state index is 0.437. The fourth-order valence-electron chi connectivity index (χ4n) is 2.45. The molecule has 1 aliphatic heterocycles. The van der Waals surface area contributed by atoms with Gasteiger partial charge in [-0.25, -0.2) is 0 Å². The predicted octanol–water partition coefficient (Wildman–Crippen LogP) is 2.66. The van der Waals surface area contributed by atoms with Gasteiger partial charge >= 0.3 is 5.97 Å².